The van der Waals surface area contributed by atoms with Gasteiger partial charge in [-0.1, -0.05) is 119 Å². The lowest BCUT2D eigenvalue weighted by molar-refractivity contribution is 0.669. The van der Waals surface area contributed by atoms with Crippen molar-refractivity contribution in [2.75, 3.05) is 0 Å². The van der Waals surface area contributed by atoms with Crippen LogP contribution in [0.2, 0.25) is 0 Å². The minimum atomic E-state index is 0.925. The first-order chi connectivity index (χ1) is 24.7. The van der Waals surface area contributed by atoms with E-state index in [1.165, 1.54) is 115 Å². The summed E-state index contributed by atoms with van der Waals surface area (Å²) in [7, 11) is 18.6. The predicted octanol–water partition coefficient (Wildman–Crippen LogP) is -1.89. The van der Waals surface area contributed by atoms with Crippen LogP contribution in [-0.4, -0.2) is 62.8 Å². The number of para-hydroxylation sites is 1. The summed E-state index contributed by atoms with van der Waals surface area (Å²) in [6.45, 7) is 0. The first-order valence-corrected chi connectivity index (χ1v) is 18.1. The zero-order valence-electron chi connectivity index (χ0n) is 30.8. The molecule has 0 saturated carbocycles. The van der Waals surface area contributed by atoms with Gasteiger partial charge in [0, 0.05) is 10.8 Å². The Morgan fingerprint density at radius 3 is 1.33 bits per heavy atom. The van der Waals surface area contributed by atoms with Crippen LogP contribution in [0, 0.1) is 0 Å². The Morgan fingerprint density at radius 1 is 0.294 bits per heavy atom. The predicted molar refractivity (Wildman–Crippen MR) is 248 cm³/mol. The van der Waals surface area contributed by atoms with Gasteiger partial charge in [0.2, 0.25) is 0 Å². The zero-order chi connectivity index (χ0) is 35.3. The molecule has 0 radical (unpaired) electrons. The maximum Gasteiger partial charge on any atom is 0.139 e. The summed E-state index contributed by atoms with van der Waals surface area (Å²) in [5, 5.41) is 10.3. The van der Waals surface area contributed by atoms with Crippen molar-refractivity contribution in [3.05, 3.63) is 109 Å². The summed E-state index contributed by atoms with van der Waals surface area (Å²) >= 11 is 0. The van der Waals surface area contributed by atoms with Gasteiger partial charge in [0.15, 0.2) is 0 Å². The molecule has 9 aromatic rings. The van der Waals surface area contributed by atoms with Crippen molar-refractivity contribution in [2.24, 2.45) is 0 Å². The van der Waals surface area contributed by atoms with Gasteiger partial charge < -0.3 is 4.42 Å². The Morgan fingerprint density at radius 2 is 0.706 bits per heavy atom. The molecule has 0 aliphatic rings. The average molecular weight is 641 g/mol. The van der Waals surface area contributed by atoms with Crippen LogP contribution in [-0.2, 0) is 0 Å². The van der Waals surface area contributed by atoms with Crippen LogP contribution in [0.25, 0.3) is 87.6 Å². The van der Waals surface area contributed by atoms with E-state index < -0.39 is 0 Å². The lowest BCUT2D eigenvalue weighted by Gasteiger charge is -2.29. The fourth-order valence-corrected chi connectivity index (χ4v) is 9.04. The summed E-state index contributed by atoms with van der Waals surface area (Å²) < 4.78 is 6.53. The van der Waals surface area contributed by atoms with Crippen molar-refractivity contribution < 1.29 is 4.42 Å². The van der Waals surface area contributed by atoms with Gasteiger partial charge in [0.05, 0.1) is 0 Å². The number of fused-ring (bicyclic) bond motifs is 6. The normalized spacial score (nSPS) is 11.8. The number of hydrogen-bond donors (Lipinski definition) is 0. The second kappa shape index (κ2) is 11.7. The molecule has 0 spiro atoms. The second-order valence-electron chi connectivity index (χ2n) is 14.6. The van der Waals surface area contributed by atoms with Gasteiger partial charge in [-0.25, -0.2) is 0 Å². The number of hydrogen-bond acceptors (Lipinski definition) is 1. The summed E-state index contributed by atoms with van der Waals surface area (Å²) in [6.07, 6.45) is 0. The topological polar surface area (TPSA) is 13.1 Å². The average Bonchev–Trinajstić information content (AvgIpc) is 3.55. The Kier molecular flexibility index (Phi) is 7.30. The van der Waals surface area contributed by atoms with E-state index in [1.54, 1.807) is 0 Å². The fraction of sp³-hybridized carbons (Fsp3) is 0. The van der Waals surface area contributed by atoms with Crippen molar-refractivity contribution in [3.63, 3.8) is 0 Å². The quantitative estimate of drug-likeness (QED) is 0.163. The molecule has 0 aliphatic heterocycles. The third kappa shape index (κ3) is 4.46. The van der Waals surface area contributed by atoms with Gasteiger partial charge in [-0.15, -0.1) is 21.9 Å². The summed E-state index contributed by atoms with van der Waals surface area (Å²) in [6, 6.07) is 39.7. The summed E-state index contributed by atoms with van der Waals surface area (Å²) in [5.41, 5.74) is 20.4. The molecule has 9 heteroatoms. The molecular formula is C42H34B8O. The monoisotopic (exact) mass is 642 g/mol. The summed E-state index contributed by atoms with van der Waals surface area (Å²) in [5.74, 6) is 0. The molecule has 0 aliphatic carbocycles. The van der Waals surface area contributed by atoms with Crippen LogP contribution in [0.4, 0.5) is 0 Å². The largest absolute Gasteiger partial charge is 0.456 e. The lowest BCUT2D eigenvalue weighted by atomic mass is 9.59. The van der Waals surface area contributed by atoms with E-state index >= 15 is 0 Å². The third-order valence-corrected chi connectivity index (χ3v) is 12.3. The maximum absolute atomic E-state index is 6.53. The van der Waals surface area contributed by atoms with E-state index in [9.17, 15) is 0 Å². The zero-order valence-corrected chi connectivity index (χ0v) is 30.8. The standard InChI is InChI=1S/C42H34B8O/c43-35-31-29(23-13-4-3-12-22(23)21-15-7-10-19-9-1-2-11-20(19)21)32-34(38(46)42(50)40(48)36(32)44)30(33(31)37(45)41(49)39(35)47)25-16-8-18-27-28(25)24-14-5-6-17-26(24)51-27/h1-18H,43-50H2. The minimum Gasteiger partial charge on any atom is -0.456 e. The van der Waals surface area contributed by atoms with E-state index in [4.69, 9.17) is 4.42 Å². The molecule has 0 saturated heterocycles. The Balaban J connectivity index is 1.58. The molecule has 1 aromatic heterocycles. The third-order valence-electron chi connectivity index (χ3n) is 12.3. The molecule has 0 N–H and O–H groups in total. The summed E-state index contributed by atoms with van der Waals surface area (Å²) in [4.78, 5) is 0. The van der Waals surface area contributed by atoms with Gasteiger partial charge in [-0.2, -0.15) is 0 Å². The van der Waals surface area contributed by atoms with Crippen LogP contribution in [0.1, 0.15) is 0 Å². The number of benzene rings is 8. The van der Waals surface area contributed by atoms with E-state index in [0.29, 0.717) is 0 Å². The smallest absolute Gasteiger partial charge is 0.139 e. The van der Waals surface area contributed by atoms with E-state index in [1.807, 2.05) is 0 Å². The molecule has 0 amide bonds. The minimum absolute atomic E-state index is 0.925. The molecule has 8 aromatic carbocycles. The van der Waals surface area contributed by atoms with Crippen molar-refractivity contribution in [2.45, 2.75) is 0 Å². The van der Waals surface area contributed by atoms with Crippen LogP contribution < -0.4 is 43.7 Å². The second-order valence-corrected chi connectivity index (χ2v) is 14.6. The number of rotatable bonds is 3. The van der Waals surface area contributed by atoms with Gasteiger partial charge >= 0.3 is 0 Å². The highest BCUT2D eigenvalue weighted by Crippen LogP contribution is 2.47. The fourth-order valence-electron chi connectivity index (χ4n) is 9.04. The van der Waals surface area contributed by atoms with Gasteiger partial charge in [0.1, 0.15) is 73.9 Å². The van der Waals surface area contributed by atoms with Crippen LogP contribution in [0.3, 0.4) is 0 Å². The first kappa shape index (κ1) is 31.8. The Hall–Kier alpha value is -5.14. The highest BCUT2D eigenvalue weighted by Gasteiger charge is 2.27. The van der Waals surface area contributed by atoms with Crippen LogP contribution in [0.5, 0.6) is 0 Å². The van der Waals surface area contributed by atoms with Crippen molar-refractivity contribution in [3.8, 4) is 33.4 Å². The first-order valence-electron chi connectivity index (χ1n) is 18.1. The molecule has 51 heavy (non-hydrogen) atoms. The molecule has 0 fully saturated rings. The van der Waals surface area contributed by atoms with Crippen LogP contribution in [0.15, 0.2) is 114 Å². The molecule has 1 heterocycles. The van der Waals surface area contributed by atoms with Gasteiger partial charge in [-0.3, -0.25) is 0 Å². The highest BCUT2D eigenvalue weighted by molar-refractivity contribution is 6.71. The van der Waals surface area contributed by atoms with Crippen molar-refractivity contribution in [1.82, 2.24) is 0 Å². The molecule has 0 atom stereocenters. The maximum atomic E-state index is 6.53. The van der Waals surface area contributed by atoms with Crippen molar-refractivity contribution >= 4 is 161 Å². The molecule has 0 unspecified atom stereocenters. The van der Waals surface area contributed by atoms with Crippen molar-refractivity contribution in [1.29, 1.82) is 0 Å². The van der Waals surface area contributed by atoms with Gasteiger partial charge in [-0.05, 0) is 77.8 Å². The molecule has 9 rings (SSSR count). The Labute approximate surface area is 306 Å². The Bertz CT molecular complexity index is 2880. The van der Waals surface area contributed by atoms with E-state index in [2.05, 4.69) is 172 Å². The number of furan rings is 1. The molecule has 1 nitrogen and oxygen atoms in total. The SMILES string of the molecule is Bc1c(B)c(B)c2c(-c3cccc4oc5ccccc5c34)c3c(B)c(B)c(B)c(B)c3c(-c3ccccc3-c3cccc4ccccc34)c2c1B. The highest BCUT2D eigenvalue weighted by atomic mass is 16.3. The van der Waals surface area contributed by atoms with E-state index in [-0.39, 0.29) is 0 Å². The van der Waals surface area contributed by atoms with E-state index in [0.717, 1.165) is 16.6 Å². The van der Waals surface area contributed by atoms with Gasteiger partial charge in [0.25, 0.3) is 0 Å². The lowest BCUT2D eigenvalue weighted by Crippen LogP contribution is -2.50. The van der Waals surface area contributed by atoms with Crippen LogP contribution >= 0.6 is 0 Å². The molecule has 232 valence electrons. The molecule has 0 bridgehead atoms. The molecular weight excluding hydrogens is 607 g/mol.